The number of aromatic nitrogens is 6. The van der Waals surface area contributed by atoms with E-state index in [9.17, 15) is 8.42 Å². The lowest BCUT2D eigenvalue weighted by Gasteiger charge is -2.32. The second kappa shape index (κ2) is 11.6. The van der Waals surface area contributed by atoms with Crippen LogP contribution < -0.4 is 4.72 Å². The second-order valence-corrected chi connectivity index (χ2v) is 11.5. The van der Waals surface area contributed by atoms with Gasteiger partial charge in [-0.25, -0.2) is 18.4 Å². The van der Waals surface area contributed by atoms with Crippen molar-refractivity contribution in [1.82, 2.24) is 29.7 Å². The highest BCUT2D eigenvalue weighted by molar-refractivity contribution is 7.93. The topological polar surface area (TPSA) is 134 Å². The van der Waals surface area contributed by atoms with Gasteiger partial charge in [0.2, 0.25) is 16.0 Å². The molecule has 3 aromatic rings. The van der Waals surface area contributed by atoms with Crippen LogP contribution in [0.2, 0.25) is 0 Å². The Morgan fingerprint density at radius 1 is 1.14 bits per heavy atom. The molecule has 4 heterocycles. The number of rotatable bonds is 10. The number of nitrogens with zero attached hydrogens (tertiary/aromatic N) is 6. The van der Waals surface area contributed by atoms with Gasteiger partial charge in [-0.2, -0.15) is 0 Å². The van der Waals surface area contributed by atoms with Gasteiger partial charge in [0.25, 0.3) is 0 Å². The maximum atomic E-state index is 13.6. The Kier molecular flexibility index (Phi) is 8.50. The number of aryl methyl sites for hydroxylation is 2. The summed E-state index contributed by atoms with van der Waals surface area (Å²) in [5.41, 5.74) is 2.59. The summed E-state index contributed by atoms with van der Waals surface area (Å²) in [5, 5.41) is 7.68. The molecule has 37 heavy (non-hydrogen) atoms. The zero-order valence-corrected chi connectivity index (χ0v) is 22.8. The highest BCUT2D eigenvalue weighted by Crippen LogP contribution is 2.34. The van der Waals surface area contributed by atoms with Gasteiger partial charge in [-0.3, -0.25) is 14.3 Å². The molecular formula is C25H35N7O4S. The number of ether oxygens (including phenoxy) is 2. The molecule has 0 unspecified atom stereocenters. The minimum absolute atomic E-state index is 0.0837. The van der Waals surface area contributed by atoms with E-state index in [1.807, 2.05) is 24.5 Å². The minimum atomic E-state index is -3.99. The number of hydrogen-bond acceptors (Lipinski definition) is 9. The third-order valence-corrected chi connectivity index (χ3v) is 8.37. The minimum Gasteiger partial charge on any atom is -0.376 e. The van der Waals surface area contributed by atoms with Crippen molar-refractivity contribution in [3.05, 3.63) is 47.8 Å². The number of anilines is 1. The van der Waals surface area contributed by atoms with Crippen LogP contribution in [0.1, 0.15) is 68.6 Å². The monoisotopic (exact) mass is 529 g/mol. The van der Waals surface area contributed by atoms with Gasteiger partial charge in [0.15, 0.2) is 11.6 Å². The molecule has 1 aliphatic rings. The Morgan fingerprint density at radius 3 is 2.51 bits per heavy atom. The van der Waals surface area contributed by atoms with E-state index in [1.54, 1.807) is 31.7 Å². The molecule has 12 heteroatoms. The number of sulfonamides is 1. The number of methoxy groups -OCH3 is 1. The summed E-state index contributed by atoms with van der Waals surface area (Å²) in [6.07, 6.45) is 9.42. The summed E-state index contributed by atoms with van der Waals surface area (Å²) >= 11 is 0. The number of nitrogens with one attached hydrogen (secondary N) is 1. The van der Waals surface area contributed by atoms with Crippen LogP contribution in [0.15, 0.2) is 30.9 Å². The van der Waals surface area contributed by atoms with Crippen molar-refractivity contribution < 1.29 is 17.9 Å². The molecule has 0 aliphatic carbocycles. The first-order valence-electron chi connectivity index (χ1n) is 12.6. The third kappa shape index (κ3) is 5.97. The van der Waals surface area contributed by atoms with Crippen molar-refractivity contribution in [1.29, 1.82) is 0 Å². The van der Waals surface area contributed by atoms with Gasteiger partial charge in [-0.1, -0.05) is 6.92 Å². The lowest BCUT2D eigenvalue weighted by molar-refractivity contribution is -0.0169. The molecule has 0 spiro atoms. The van der Waals surface area contributed by atoms with Crippen molar-refractivity contribution in [2.45, 2.75) is 76.9 Å². The van der Waals surface area contributed by atoms with Gasteiger partial charge in [0, 0.05) is 44.1 Å². The van der Waals surface area contributed by atoms with E-state index in [2.05, 4.69) is 36.8 Å². The number of hydrogen-bond donors (Lipinski definition) is 1. The molecule has 0 aromatic carbocycles. The van der Waals surface area contributed by atoms with Gasteiger partial charge in [-0.15, -0.1) is 10.2 Å². The first kappa shape index (κ1) is 27.1. The summed E-state index contributed by atoms with van der Waals surface area (Å²) in [5.74, 6) is 0.956. The standard InChI is InChI=1S/C25H35N7O4S/c1-6-20(21-9-7-8-10-36-21)32-24(19-11-16(2)12-26-15-19)29-30-25(32)31-37(33,34)18(4)22(35-5)23-27-13-17(3)14-28-23/h11-15,18,20-22H,6-10H2,1-5H3,(H,30,31)/t18-,20+,21+,22-/m0/s1. The second-order valence-electron chi connectivity index (χ2n) is 9.48. The molecule has 11 nitrogen and oxygen atoms in total. The molecule has 200 valence electrons. The number of pyridine rings is 1. The fourth-order valence-corrected chi connectivity index (χ4v) is 5.81. The normalized spacial score (nSPS) is 18.8. The van der Waals surface area contributed by atoms with E-state index >= 15 is 0 Å². The van der Waals surface area contributed by atoms with Gasteiger partial charge in [0.05, 0.1) is 12.1 Å². The summed E-state index contributed by atoms with van der Waals surface area (Å²) in [7, 11) is -2.55. The average molecular weight is 530 g/mol. The molecule has 1 fully saturated rings. The van der Waals surface area contributed by atoms with Gasteiger partial charge < -0.3 is 9.47 Å². The van der Waals surface area contributed by atoms with E-state index in [1.165, 1.54) is 7.11 Å². The Hall–Kier alpha value is -2.96. The zero-order valence-electron chi connectivity index (χ0n) is 22.0. The molecule has 1 saturated heterocycles. The molecule has 4 atom stereocenters. The van der Waals surface area contributed by atoms with Crippen molar-refractivity contribution in [2.24, 2.45) is 0 Å². The first-order valence-corrected chi connectivity index (χ1v) is 14.1. The molecule has 0 amide bonds. The van der Waals surface area contributed by atoms with E-state index in [-0.39, 0.29) is 18.1 Å². The highest BCUT2D eigenvalue weighted by atomic mass is 32.2. The predicted molar refractivity (Wildman–Crippen MR) is 139 cm³/mol. The molecule has 1 N–H and O–H groups in total. The first-order chi connectivity index (χ1) is 17.7. The van der Waals surface area contributed by atoms with Gasteiger partial charge >= 0.3 is 0 Å². The maximum Gasteiger partial charge on any atom is 0.240 e. The molecule has 1 aliphatic heterocycles. The van der Waals surface area contributed by atoms with Crippen molar-refractivity contribution in [3.63, 3.8) is 0 Å². The van der Waals surface area contributed by atoms with E-state index < -0.39 is 21.4 Å². The Morgan fingerprint density at radius 2 is 1.89 bits per heavy atom. The fourth-order valence-electron chi connectivity index (χ4n) is 4.67. The molecular weight excluding hydrogens is 494 g/mol. The Bertz CT molecular complexity index is 1290. The zero-order chi connectivity index (χ0) is 26.6. The van der Waals surface area contributed by atoms with Crippen LogP contribution in [0, 0.1) is 13.8 Å². The summed E-state index contributed by atoms with van der Waals surface area (Å²) < 4.78 is 43.4. The summed E-state index contributed by atoms with van der Waals surface area (Å²) in [6, 6.07) is 1.79. The van der Waals surface area contributed by atoms with Crippen LogP contribution in [0.5, 0.6) is 0 Å². The van der Waals surface area contributed by atoms with Crippen LogP contribution in [-0.4, -0.2) is 63.2 Å². The quantitative estimate of drug-likeness (QED) is 0.416. The molecule has 4 rings (SSSR count). The molecule has 0 saturated carbocycles. The van der Waals surface area contributed by atoms with Crippen LogP contribution in [0.3, 0.4) is 0 Å². The smallest absolute Gasteiger partial charge is 0.240 e. The van der Waals surface area contributed by atoms with Crippen molar-refractivity contribution in [2.75, 3.05) is 18.4 Å². The molecule has 0 radical (unpaired) electrons. The lowest BCUT2D eigenvalue weighted by Crippen LogP contribution is -2.35. The Balaban J connectivity index is 1.73. The van der Waals surface area contributed by atoms with E-state index in [0.717, 1.165) is 36.0 Å². The highest BCUT2D eigenvalue weighted by Gasteiger charge is 2.36. The Labute approximate surface area is 218 Å². The van der Waals surface area contributed by atoms with E-state index in [0.29, 0.717) is 24.7 Å². The maximum absolute atomic E-state index is 13.6. The summed E-state index contributed by atoms with van der Waals surface area (Å²) in [4.78, 5) is 12.9. The van der Waals surface area contributed by atoms with Crippen LogP contribution in [0.25, 0.3) is 11.4 Å². The van der Waals surface area contributed by atoms with Gasteiger partial charge in [-0.05, 0) is 63.6 Å². The van der Waals surface area contributed by atoms with Gasteiger partial charge in [0.1, 0.15) is 11.4 Å². The predicted octanol–water partition coefficient (Wildman–Crippen LogP) is 3.79. The van der Waals surface area contributed by atoms with Crippen LogP contribution in [0.4, 0.5) is 5.95 Å². The molecule has 3 aromatic heterocycles. The summed E-state index contributed by atoms with van der Waals surface area (Å²) in [6.45, 7) is 8.10. The largest absolute Gasteiger partial charge is 0.376 e. The molecule has 0 bridgehead atoms. The van der Waals surface area contributed by atoms with Crippen molar-refractivity contribution >= 4 is 16.0 Å². The average Bonchev–Trinajstić information content (AvgIpc) is 3.29. The fraction of sp³-hybridized carbons (Fsp3) is 0.560. The van der Waals surface area contributed by atoms with E-state index in [4.69, 9.17) is 9.47 Å². The van der Waals surface area contributed by atoms with Crippen LogP contribution in [-0.2, 0) is 19.5 Å². The lowest BCUT2D eigenvalue weighted by atomic mass is 9.99. The van der Waals surface area contributed by atoms with Crippen LogP contribution >= 0.6 is 0 Å². The third-order valence-electron chi connectivity index (χ3n) is 6.68. The SMILES string of the molecule is CC[C@H]([C@H]1CCCCO1)n1c(NS(=O)(=O)[C@@H](C)[C@H](OC)c2ncc(C)cn2)nnc1-c1cncc(C)c1. The van der Waals surface area contributed by atoms with Crippen molar-refractivity contribution in [3.8, 4) is 11.4 Å².